The van der Waals surface area contributed by atoms with Gasteiger partial charge in [-0.2, -0.15) is 0 Å². The predicted octanol–water partition coefficient (Wildman–Crippen LogP) is 2.17. The van der Waals surface area contributed by atoms with Crippen molar-refractivity contribution >= 4 is 5.78 Å². The Bertz CT molecular complexity index is 140. The van der Waals surface area contributed by atoms with Gasteiger partial charge in [0.1, 0.15) is 6.61 Å². The number of hydrogen-bond donors (Lipinski definition) is 0. The average molecular weight is 170 g/mol. The van der Waals surface area contributed by atoms with E-state index in [2.05, 4.69) is 0 Å². The molecule has 0 bridgehead atoms. The first-order chi connectivity index (χ1) is 5.68. The van der Waals surface area contributed by atoms with E-state index < -0.39 is 0 Å². The summed E-state index contributed by atoms with van der Waals surface area (Å²) in [5, 5.41) is 0. The molecule has 70 valence electrons. The fraction of sp³-hybridized carbons (Fsp3) is 0.900. The molecule has 0 aromatic rings. The molecule has 0 heterocycles. The van der Waals surface area contributed by atoms with Crippen LogP contribution in [0.3, 0.4) is 0 Å². The lowest BCUT2D eigenvalue weighted by molar-refractivity contribution is -0.125. The second kappa shape index (κ2) is 4.61. The number of carbonyl (C=O) groups excluding carboxylic acids is 1. The Morgan fingerprint density at radius 3 is 2.67 bits per heavy atom. The summed E-state index contributed by atoms with van der Waals surface area (Å²) in [7, 11) is 0. The van der Waals surface area contributed by atoms with Crippen molar-refractivity contribution in [3.05, 3.63) is 0 Å². The number of rotatable bonds is 6. The summed E-state index contributed by atoms with van der Waals surface area (Å²) in [6, 6.07) is 0. The third-order valence-corrected chi connectivity index (χ3v) is 2.11. The van der Waals surface area contributed by atoms with Gasteiger partial charge in [0.25, 0.3) is 0 Å². The highest BCUT2D eigenvalue weighted by Crippen LogP contribution is 2.33. The van der Waals surface area contributed by atoms with Crippen LogP contribution in [0.4, 0.5) is 0 Å². The molecule has 2 heteroatoms. The second-order valence-corrected chi connectivity index (χ2v) is 3.88. The first-order valence-electron chi connectivity index (χ1n) is 4.82. The van der Waals surface area contributed by atoms with Gasteiger partial charge in [-0.25, -0.2) is 0 Å². The lowest BCUT2D eigenvalue weighted by Gasteiger charge is -2.05. The van der Waals surface area contributed by atoms with Crippen molar-refractivity contribution in [1.82, 2.24) is 0 Å². The Hall–Kier alpha value is -0.370. The SMILES string of the molecule is CC(C)OCC(=O)CCC1CC1. The van der Waals surface area contributed by atoms with Gasteiger partial charge in [0, 0.05) is 6.42 Å². The van der Waals surface area contributed by atoms with Crippen LogP contribution >= 0.6 is 0 Å². The standard InChI is InChI=1S/C10H18O2/c1-8(2)12-7-10(11)6-5-9-3-4-9/h8-9H,3-7H2,1-2H3. The van der Waals surface area contributed by atoms with E-state index in [0.29, 0.717) is 6.61 Å². The number of ether oxygens (including phenoxy) is 1. The Morgan fingerprint density at radius 1 is 1.50 bits per heavy atom. The molecule has 12 heavy (non-hydrogen) atoms. The van der Waals surface area contributed by atoms with E-state index in [-0.39, 0.29) is 11.9 Å². The Kier molecular flexibility index (Phi) is 3.73. The molecule has 0 aliphatic heterocycles. The lowest BCUT2D eigenvalue weighted by Crippen LogP contribution is -2.13. The van der Waals surface area contributed by atoms with Gasteiger partial charge in [0.15, 0.2) is 5.78 Å². The van der Waals surface area contributed by atoms with Crippen LogP contribution in [-0.4, -0.2) is 18.5 Å². The third-order valence-electron chi connectivity index (χ3n) is 2.11. The van der Waals surface area contributed by atoms with Crippen LogP contribution in [0.15, 0.2) is 0 Å². The highest BCUT2D eigenvalue weighted by Gasteiger charge is 2.21. The summed E-state index contributed by atoms with van der Waals surface area (Å²) in [5.74, 6) is 1.11. The van der Waals surface area contributed by atoms with Crippen molar-refractivity contribution in [3.63, 3.8) is 0 Å². The van der Waals surface area contributed by atoms with Crippen LogP contribution in [-0.2, 0) is 9.53 Å². The van der Waals surface area contributed by atoms with Gasteiger partial charge in [-0.3, -0.25) is 4.79 Å². The number of ketones is 1. The van der Waals surface area contributed by atoms with E-state index in [1.807, 2.05) is 13.8 Å². The largest absolute Gasteiger partial charge is 0.371 e. The van der Waals surface area contributed by atoms with Crippen molar-refractivity contribution in [3.8, 4) is 0 Å². The van der Waals surface area contributed by atoms with Gasteiger partial charge >= 0.3 is 0 Å². The molecule has 0 atom stereocenters. The number of hydrogen-bond acceptors (Lipinski definition) is 2. The highest BCUT2D eigenvalue weighted by molar-refractivity contribution is 5.79. The molecular weight excluding hydrogens is 152 g/mol. The molecule has 1 aliphatic carbocycles. The molecule has 0 aromatic heterocycles. The third kappa shape index (κ3) is 4.50. The maximum Gasteiger partial charge on any atom is 0.158 e. The van der Waals surface area contributed by atoms with Crippen molar-refractivity contribution < 1.29 is 9.53 Å². The Morgan fingerprint density at radius 2 is 2.17 bits per heavy atom. The highest BCUT2D eigenvalue weighted by atomic mass is 16.5. The van der Waals surface area contributed by atoms with Crippen molar-refractivity contribution in [2.45, 2.75) is 45.6 Å². The summed E-state index contributed by atoms with van der Waals surface area (Å²) in [4.78, 5) is 11.2. The monoisotopic (exact) mass is 170 g/mol. The summed E-state index contributed by atoms with van der Waals surface area (Å²) in [5.41, 5.74) is 0. The van der Waals surface area contributed by atoms with Crippen LogP contribution in [0, 0.1) is 5.92 Å². The molecule has 0 amide bonds. The topological polar surface area (TPSA) is 26.3 Å². The zero-order chi connectivity index (χ0) is 8.97. The van der Waals surface area contributed by atoms with E-state index in [9.17, 15) is 4.79 Å². The summed E-state index contributed by atoms with van der Waals surface area (Å²) >= 11 is 0. The first kappa shape index (κ1) is 9.72. The summed E-state index contributed by atoms with van der Waals surface area (Å²) < 4.78 is 5.21. The fourth-order valence-electron chi connectivity index (χ4n) is 1.10. The fourth-order valence-corrected chi connectivity index (χ4v) is 1.10. The normalized spacial score (nSPS) is 16.9. The van der Waals surface area contributed by atoms with Gasteiger partial charge in [0.2, 0.25) is 0 Å². The predicted molar refractivity (Wildman–Crippen MR) is 48.1 cm³/mol. The van der Waals surface area contributed by atoms with Gasteiger partial charge < -0.3 is 4.74 Å². The van der Waals surface area contributed by atoms with E-state index in [4.69, 9.17) is 4.74 Å². The van der Waals surface area contributed by atoms with Gasteiger partial charge in [-0.15, -0.1) is 0 Å². The molecule has 2 nitrogen and oxygen atoms in total. The zero-order valence-electron chi connectivity index (χ0n) is 8.01. The van der Waals surface area contributed by atoms with E-state index >= 15 is 0 Å². The molecule has 1 rings (SSSR count). The molecular formula is C10H18O2. The molecule has 1 aliphatic rings. The minimum Gasteiger partial charge on any atom is -0.371 e. The quantitative estimate of drug-likeness (QED) is 0.610. The van der Waals surface area contributed by atoms with Crippen LogP contribution in [0.25, 0.3) is 0 Å². The molecule has 0 spiro atoms. The Labute approximate surface area is 74.3 Å². The van der Waals surface area contributed by atoms with Gasteiger partial charge in [-0.1, -0.05) is 12.8 Å². The van der Waals surface area contributed by atoms with Crippen LogP contribution < -0.4 is 0 Å². The zero-order valence-corrected chi connectivity index (χ0v) is 8.01. The van der Waals surface area contributed by atoms with E-state index in [1.54, 1.807) is 0 Å². The molecule has 1 fully saturated rings. The van der Waals surface area contributed by atoms with Crippen molar-refractivity contribution in [2.24, 2.45) is 5.92 Å². The minimum atomic E-state index is 0.176. The van der Waals surface area contributed by atoms with Crippen LogP contribution in [0.1, 0.15) is 39.5 Å². The molecule has 0 aromatic carbocycles. The second-order valence-electron chi connectivity index (χ2n) is 3.88. The average Bonchev–Trinajstić information content (AvgIpc) is 2.80. The van der Waals surface area contributed by atoms with Gasteiger partial charge in [-0.05, 0) is 26.2 Å². The Balaban J connectivity index is 1.95. The lowest BCUT2D eigenvalue weighted by atomic mass is 10.2. The summed E-state index contributed by atoms with van der Waals surface area (Å²) in [6.07, 6.45) is 4.64. The maximum atomic E-state index is 11.2. The van der Waals surface area contributed by atoms with Crippen molar-refractivity contribution in [1.29, 1.82) is 0 Å². The maximum absolute atomic E-state index is 11.2. The minimum absolute atomic E-state index is 0.176. The number of Topliss-reactive ketones (excluding diaryl/α,β-unsaturated/α-hetero) is 1. The van der Waals surface area contributed by atoms with E-state index in [1.165, 1.54) is 12.8 Å². The molecule has 1 saturated carbocycles. The van der Waals surface area contributed by atoms with Crippen LogP contribution in [0.5, 0.6) is 0 Å². The molecule has 0 saturated heterocycles. The molecule has 0 radical (unpaired) electrons. The van der Waals surface area contributed by atoms with Gasteiger partial charge in [0.05, 0.1) is 6.10 Å². The molecule has 0 unspecified atom stereocenters. The van der Waals surface area contributed by atoms with E-state index in [0.717, 1.165) is 18.8 Å². The summed E-state index contributed by atoms with van der Waals surface area (Å²) in [6.45, 7) is 4.22. The number of carbonyl (C=O) groups is 1. The van der Waals surface area contributed by atoms with Crippen molar-refractivity contribution in [2.75, 3.05) is 6.61 Å². The first-order valence-corrected chi connectivity index (χ1v) is 4.82. The van der Waals surface area contributed by atoms with Crippen LogP contribution in [0.2, 0.25) is 0 Å². The molecule has 0 N–H and O–H groups in total. The smallest absolute Gasteiger partial charge is 0.158 e.